The van der Waals surface area contributed by atoms with Gasteiger partial charge in [0.25, 0.3) is 5.69 Å². The van der Waals surface area contributed by atoms with Crippen LogP contribution in [0.3, 0.4) is 0 Å². The molecule has 1 N–H and O–H groups in total. The fourth-order valence-corrected chi connectivity index (χ4v) is 1.80. The summed E-state index contributed by atoms with van der Waals surface area (Å²) in [6.45, 7) is 1.25. The second-order valence-corrected chi connectivity index (χ2v) is 3.84. The minimum atomic E-state index is -0.375. The maximum Gasteiger partial charge on any atom is 0.277 e. The normalized spacial score (nSPS) is 10.5. The molecule has 0 saturated heterocycles. The van der Waals surface area contributed by atoms with Crippen LogP contribution in [0.15, 0.2) is 36.4 Å². The number of nitrogens with one attached hydrogen (secondary N) is 1. The van der Waals surface area contributed by atoms with Gasteiger partial charge >= 0.3 is 0 Å². The van der Waals surface area contributed by atoms with Crippen molar-refractivity contribution in [2.75, 3.05) is 20.2 Å². The van der Waals surface area contributed by atoms with Gasteiger partial charge in [0.05, 0.1) is 10.3 Å². The third-order valence-electron chi connectivity index (χ3n) is 2.67. The average molecular weight is 246 g/mol. The number of nitrogens with zero attached hydrogens (tertiary/aromatic N) is 1. The number of fused-ring (bicyclic) bond motifs is 1. The molecule has 0 saturated carbocycles. The number of ether oxygens (including phenoxy) is 1. The van der Waals surface area contributed by atoms with Crippen LogP contribution in [-0.4, -0.2) is 25.1 Å². The van der Waals surface area contributed by atoms with Crippen LogP contribution in [0.25, 0.3) is 10.8 Å². The molecule has 0 radical (unpaired) electrons. The SMILES string of the molecule is CNCCOc1ccc([N+](=O)[O-])c2ccccc12. The number of rotatable bonds is 5. The quantitative estimate of drug-likeness (QED) is 0.499. The van der Waals surface area contributed by atoms with Crippen LogP contribution in [0.1, 0.15) is 0 Å². The summed E-state index contributed by atoms with van der Waals surface area (Å²) in [5, 5.41) is 15.3. The monoisotopic (exact) mass is 246 g/mol. The molecule has 2 aromatic carbocycles. The van der Waals surface area contributed by atoms with E-state index in [0.29, 0.717) is 17.7 Å². The van der Waals surface area contributed by atoms with Crippen LogP contribution in [0.5, 0.6) is 5.75 Å². The Morgan fingerprint density at radius 2 is 1.94 bits per heavy atom. The summed E-state index contributed by atoms with van der Waals surface area (Å²) in [5.41, 5.74) is 0.103. The Labute approximate surface area is 105 Å². The zero-order chi connectivity index (χ0) is 13.0. The summed E-state index contributed by atoms with van der Waals surface area (Å²) < 4.78 is 5.61. The lowest BCUT2D eigenvalue weighted by atomic mass is 10.1. The minimum absolute atomic E-state index is 0.103. The third-order valence-corrected chi connectivity index (χ3v) is 2.67. The van der Waals surface area contributed by atoms with Gasteiger partial charge in [0, 0.05) is 18.0 Å². The van der Waals surface area contributed by atoms with Crippen molar-refractivity contribution in [3.63, 3.8) is 0 Å². The Morgan fingerprint density at radius 1 is 1.22 bits per heavy atom. The highest BCUT2D eigenvalue weighted by Gasteiger charge is 2.14. The van der Waals surface area contributed by atoms with Crippen LogP contribution in [0.2, 0.25) is 0 Å². The molecule has 0 fully saturated rings. The molecule has 0 amide bonds. The van der Waals surface area contributed by atoms with E-state index in [2.05, 4.69) is 5.32 Å². The van der Waals surface area contributed by atoms with Crippen molar-refractivity contribution in [2.45, 2.75) is 0 Å². The number of nitro groups is 1. The molecule has 0 heterocycles. The molecule has 2 rings (SSSR count). The zero-order valence-corrected chi connectivity index (χ0v) is 10.1. The molecule has 94 valence electrons. The van der Waals surface area contributed by atoms with Crippen LogP contribution < -0.4 is 10.1 Å². The summed E-state index contributed by atoms with van der Waals surface area (Å²) in [7, 11) is 1.84. The van der Waals surface area contributed by atoms with Gasteiger partial charge in [-0.2, -0.15) is 0 Å². The van der Waals surface area contributed by atoms with Crippen LogP contribution in [0.4, 0.5) is 5.69 Å². The van der Waals surface area contributed by atoms with E-state index in [-0.39, 0.29) is 10.6 Å². The molecule has 5 heteroatoms. The van der Waals surface area contributed by atoms with E-state index in [1.165, 1.54) is 6.07 Å². The number of benzene rings is 2. The highest BCUT2D eigenvalue weighted by atomic mass is 16.6. The smallest absolute Gasteiger partial charge is 0.277 e. The first-order valence-corrected chi connectivity index (χ1v) is 5.67. The van der Waals surface area contributed by atoms with Crippen molar-refractivity contribution in [3.8, 4) is 5.75 Å². The number of non-ortho nitro benzene ring substituents is 1. The van der Waals surface area contributed by atoms with Gasteiger partial charge in [-0.25, -0.2) is 0 Å². The van der Waals surface area contributed by atoms with E-state index in [9.17, 15) is 10.1 Å². The Morgan fingerprint density at radius 3 is 2.61 bits per heavy atom. The average Bonchev–Trinajstić information content (AvgIpc) is 2.38. The Bertz CT molecular complexity index is 569. The van der Waals surface area contributed by atoms with Crippen LogP contribution >= 0.6 is 0 Å². The fourth-order valence-electron chi connectivity index (χ4n) is 1.80. The second kappa shape index (κ2) is 5.46. The van der Waals surface area contributed by atoms with Gasteiger partial charge in [-0.1, -0.05) is 18.2 Å². The lowest BCUT2D eigenvalue weighted by Crippen LogP contribution is -2.16. The van der Waals surface area contributed by atoms with Crippen molar-refractivity contribution in [1.82, 2.24) is 5.32 Å². The lowest BCUT2D eigenvalue weighted by Gasteiger charge is -2.09. The van der Waals surface area contributed by atoms with E-state index < -0.39 is 0 Å². The van der Waals surface area contributed by atoms with E-state index in [1.54, 1.807) is 18.2 Å². The molecule has 0 unspecified atom stereocenters. The van der Waals surface area contributed by atoms with Gasteiger partial charge < -0.3 is 10.1 Å². The van der Waals surface area contributed by atoms with Gasteiger partial charge in [-0.3, -0.25) is 10.1 Å². The topological polar surface area (TPSA) is 64.4 Å². The van der Waals surface area contributed by atoms with E-state index in [4.69, 9.17) is 4.74 Å². The maximum atomic E-state index is 10.9. The predicted octanol–water partition coefficient (Wildman–Crippen LogP) is 2.35. The molecule has 18 heavy (non-hydrogen) atoms. The first-order valence-electron chi connectivity index (χ1n) is 5.67. The number of nitro benzene ring substituents is 1. The number of hydrogen-bond acceptors (Lipinski definition) is 4. The van der Waals surface area contributed by atoms with Crippen molar-refractivity contribution in [2.24, 2.45) is 0 Å². The van der Waals surface area contributed by atoms with Crippen LogP contribution in [0, 0.1) is 10.1 Å². The second-order valence-electron chi connectivity index (χ2n) is 3.84. The minimum Gasteiger partial charge on any atom is -0.492 e. The van der Waals surface area contributed by atoms with Crippen LogP contribution in [-0.2, 0) is 0 Å². The summed E-state index contributed by atoms with van der Waals surface area (Å²) in [5.74, 6) is 0.673. The van der Waals surface area contributed by atoms with Gasteiger partial charge in [-0.05, 0) is 19.2 Å². The maximum absolute atomic E-state index is 10.9. The summed E-state index contributed by atoms with van der Waals surface area (Å²) >= 11 is 0. The first kappa shape index (κ1) is 12.3. The molecular formula is C13H14N2O3. The fraction of sp³-hybridized carbons (Fsp3) is 0.231. The lowest BCUT2D eigenvalue weighted by molar-refractivity contribution is -0.383. The van der Waals surface area contributed by atoms with Gasteiger partial charge in [0.15, 0.2) is 0 Å². The molecule has 2 aromatic rings. The standard InChI is InChI=1S/C13H14N2O3/c1-14-8-9-18-13-7-6-12(15(16)17)10-4-2-3-5-11(10)13/h2-7,14H,8-9H2,1H3. The summed E-state index contributed by atoms with van der Waals surface area (Å²) in [4.78, 5) is 10.6. The summed E-state index contributed by atoms with van der Waals surface area (Å²) in [6, 6.07) is 10.3. The van der Waals surface area contributed by atoms with Crippen molar-refractivity contribution in [1.29, 1.82) is 0 Å². The molecular weight excluding hydrogens is 232 g/mol. The first-order chi connectivity index (χ1) is 8.74. The van der Waals surface area contributed by atoms with E-state index in [0.717, 1.165) is 11.9 Å². The predicted molar refractivity (Wildman–Crippen MR) is 70.0 cm³/mol. The van der Waals surface area contributed by atoms with E-state index >= 15 is 0 Å². The Kier molecular flexibility index (Phi) is 3.74. The van der Waals surface area contributed by atoms with Gasteiger partial charge in [0.2, 0.25) is 0 Å². The molecule has 0 spiro atoms. The van der Waals surface area contributed by atoms with E-state index in [1.807, 2.05) is 19.2 Å². The number of hydrogen-bond donors (Lipinski definition) is 1. The molecule has 5 nitrogen and oxygen atoms in total. The Hall–Kier alpha value is -2.14. The molecule has 0 aliphatic rings. The molecule has 0 bridgehead atoms. The number of likely N-dealkylation sites (N-methyl/N-ethyl adjacent to an activating group) is 1. The van der Waals surface area contributed by atoms with Gasteiger partial charge in [-0.15, -0.1) is 0 Å². The van der Waals surface area contributed by atoms with Crippen molar-refractivity contribution in [3.05, 3.63) is 46.5 Å². The Balaban J connectivity index is 2.44. The molecule has 0 aliphatic carbocycles. The van der Waals surface area contributed by atoms with Crippen molar-refractivity contribution >= 4 is 16.5 Å². The van der Waals surface area contributed by atoms with Crippen molar-refractivity contribution < 1.29 is 9.66 Å². The highest BCUT2D eigenvalue weighted by Crippen LogP contribution is 2.32. The summed E-state index contributed by atoms with van der Waals surface area (Å²) in [6.07, 6.45) is 0. The molecule has 0 aromatic heterocycles. The third kappa shape index (κ3) is 2.41. The largest absolute Gasteiger partial charge is 0.492 e. The van der Waals surface area contributed by atoms with Gasteiger partial charge in [0.1, 0.15) is 12.4 Å². The molecule has 0 atom stereocenters. The zero-order valence-electron chi connectivity index (χ0n) is 10.1. The molecule has 0 aliphatic heterocycles. The highest BCUT2D eigenvalue weighted by molar-refractivity contribution is 5.95.